The summed E-state index contributed by atoms with van der Waals surface area (Å²) in [5, 5.41) is 3.83. The molecule has 0 bridgehead atoms. The van der Waals surface area contributed by atoms with Crippen molar-refractivity contribution in [1.29, 1.82) is 0 Å². The molecule has 1 unspecified atom stereocenters. The summed E-state index contributed by atoms with van der Waals surface area (Å²) >= 11 is 0. The molecule has 0 fully saturated rings. The first kappa shape index (κ1) is 19.4. The van der Waals surface area contributed by atoms with E-state index in [2.05, 4.69) is 5.32 Å². The van der Waals surface area contributed by atoms with Crippen LogP contribution in [0.5, 0.6) is 23.0 Å². The van der Waals surface area contributed by atoms with Gasteiger partial charge in [0.25, 0.3) is 5.91 Å². The molecular formula is C21H23NO6. The second-order valence-electron chi connectivity index (χ2n) is 6.10. The number of amides is 1. The van der Waals surface area contributed by atoms with E-state index in [0.29, 0.717) is 39.9 Å². The van der Waals surface area contributed by atoms with Gasteiger partial charge < -0.3 is 28.7 Å². The summed E-state index contributed by atoms with van der Waals surface area (Å²) in [6.07, 6.45) is 0. The van der Waals surface area contributed by atoms with Gasteiger partial charge in [0, 0.05) is 5.39 Å². The lowest BCUT2D eigenvalue weighted by Gasteiger charge is -2.17. The number of ether oxygens (including phenoxy) is 4. The van der Waals surface area contributed by atoms with Crippen LogP contribution in [0.2, 0.25) is 0 Å². The van der Waals surface area contributed by atoms with E-state index < -0.39 is 0 Å². The first-order valence-electron chi connectivity index (χ1n) is 8.70. The fourth-order valence-corrected chi connectivity index (χ4v) is 3.06. The van der Waals surface area contributed by atoms with E-state index in [-0.39, 0.29) is 11.9 Å². The van der Waals surface area contributed by atoms with Crippen LogP contribution in [0.4, 0.5) is 0 Å². The van der Waals surface area contributed by atoms with Crippen LogP contribution >= 0.6 is 0 Å². The maximum absolute atomic E-state index is 12.9. The minimum atomic E-state index is -0.373. The molecule has 0 saturated carbocycles. The zero-order valence-electron chi connectivity index (χ0n) is 16.5. The van der Waals surface area contributed by atoms with Crippen LogP contribution in [0.15, 0.2) is 40.8 Å². The molecule has 1 amide bonds. The van der Waals surface area contributed by atoms with Crippen LogP contribution in [0.3, 0.4) is 0 Å². The van der Waals surface area contributed by atoms with Crippen molar-refractivity contribution in [3.63, 3.8) is 0 Å². The predicted octanol–water partition coefficient (Wildman–Crippen LogP) is 3.96. The van der Waals surface area contributed by atoms with E-state index in [4.69, 9.17) is 23.4 Å². The Morgan fingerprint density at radius 1 is 0.929 bits per heavy atom. The molecule has 148 valence electrons. The molecule has 3 rings (SSSR count). The summed E-state index contributed by atoms with van der Waals surface area (Å²) in [5.74, 6) is 2.08. The van der Waals surface area contributed by atoms with E-state index in [1.165, 1.54) is 21.3 Å². The van der Waals surface area contributed by atoms with Crippen LogP contribution in [0.25, 0.3) is 11.0 Å². The molecular weight excluding hydrogens is 362 g/mol. The highest BCUT2D eigenvalue weighted by Crippen LogP contribution is 2.40. The maximum Gasteiger partial charge on any atom is 0.255 e. The molecule has 2 aromatic carbocycles. The quantitative estimate of drug-likeness (QED) is 0.663. The van der Waals surface area contributed by atoms with Gasteiger partial charge in [-0.1, -0.05) is 12.1 Å². The summed E-state index contributed by atoms with van der Waals surface area (Å²) in [7, 11) is 6.08. The Hall–Kier alpha value is -3.35. The number of rotatable bonds is 7. The summed E-state index contributed by atoms with van der Waals surface area (Å²) in [4.78, 5) is 12.9. The number of carbonyl (C=O) groups excluding carboxylic acids is 1. The van der Waals surface area contributed by atoms with Crippen molar-refractivity contribution in [2.75, 3.05) is 28.4 Å². The fraction of sp³-hybridized carbons (Fsp3) is 0.286. The van der Waals surface area contributed by atoms with Gasteiger partial charge in [0.2, 0.25) is 5.75 Å². The first-order chi connectivity index (χ1) is 13.5. The monoisotopic (exact) mass is 385 g/mol. The number of fused-ring (bicyclic) bond motifs is 1. The largest absolute Gasteiger partial charge is 0.493 e. The molecule has 0 saturated heterocycles. The molecule has 1 atom stereocenters. The Balaban J connectivity index is 1.89. The van der Waals surface area contributed by atoms with E-state index in [0.717, 1.165) is 5.39 Å². The summed E-state index contributed by atoms with van der Waals surface area (Å²) in [6, 6.07) is 10.4. The molecule has 0 radical (unpaired) electrons. The number of hydrogen-bond donors (Lipinski definition) is 1. The van der Waals surface area contributed by atoms with Crippen molar-refractivity contribution in [3.05, 3.63) is 47.7 Å². The number of methoxy groups -OCH3 is 4. The molecule has 1 aromatic heterocycles. The van der Waals surface area contributed by atoms with Gasteiger partial charge in [-0.25, -0.2) is 0 Å². The Kier molecular flexibility index (Phi) is 5.63. The van der Waals surface area contributed by atoms with Crippen molar-refractivity contribution in [3.8, 4) is 23.0 Å². The molecule has 0 aliphatic rings. The zero-order chi connectivity index (χ0) is 20.3. The summed E-state index contributed by atoms with van der Waals surface area (Å²) in [6.45, 7) is 1.84. The van der Waals surface area contributed by atoms with Crippen molar-refractivity contribution < 1.29 is 28.2 Å². The Morgan fingerprint density at radius 3 is 2.29 bits per heavy atom. The predicted molar refractivity (Wildman–Crippen MR) is 105 cm³/mol. The standard InChI is InChI=1S/C21H23NO6/c1-12(17-11-13-7-6-8-15(24-2)18(13)28-17)22-21(23)14-9-10-16(25-3)20(27-5)19(14)26-4/h6-12H,1-5H3,(H,22,23). The highest BCUT2D eigenvalue weighted by molar-refractivity contribution is 5.98. The number of nitrogens with one attached hydrogen (secondary N) is 1. The van der Waals surface area contributed by atoms with Crippen LogP contribution in [0.1, 0.15) is 29.1 Å². The molecule has 7 heteroatoms. The Labute approximate surface area is 163 Å². The number of furan rings is 1. The van der Waals surface area contributed by atoms with Crippen LogP contribution < -0.4 is 24.3 Å². The molecule has 3 aromatic rings. The highest BCUT2D eigenvalue weighted by Gasteiger charge is 2.23. The smallest absolute Gasteiger partial charge is 0.255 e. The van der Waals surface area contributed by atoms with Crippen molar-refractivity contribution >= 4 is 16.9 Å². The summed E-state index contributed by atoms with van der Waals surface area (Å²) < 4.78 is 27.2. The third-order valence-corrected chi connectivity index (χ3v) is 4.47. The SMILES string of the molecule is COc1ccc(C(=O)NC(C)c2cc3cccc(OC)c3o2)c(OC)c1OC. The van der Waals surface area contributed by atoms with Crippen molar-refractivity contribution in [2.24, 2.45) is 0 Å². The van der Waals surface area contributed by atoms with Crippen LogP contribution in [0, 0.1) is 0 Å². The summed E-state index contributed by atoms with van der Waals surface area (Å²) in [5.41, 5.74) is 0.977. The van der Waals surface area contributed by atoms with E-state index in [9.17, 15) is 4.79 Å². The molecule has 0 spiro atoms. The Bertz CT molecular complexity index is 994. The van der Waals surface area contributed by atoms with Gasteiger partial charge in [-0.3, -0.25) is 4.79 Å². The number of carbonyl (C=O) groups is 1. The van der Waals surface area contributed by atoms with E-state index in [1.54, 1.807) is 19.2 Å². The number of benzene rings is 2. The Morgan fingerprint density at radius 2 is 1.64 bits per heavy atom. The topological polar surface area (TPSA) is 79.2 Å². The second kappa shape index (κ2) is 8.12. The minimum absolute atomic E-state index is 0.304. The van der Waals surface area contributed by atoms with E-state index >= 15 is 0 Å². The molecule has 1 N–H and O–H groups in total. The second-order valence-corrected chi connectivity index (χ2v) is 6.10. The third-order valence-electron chi connectivity index (χ3n) is 4.47. The van der Waals surface area contributed by atoms with Gasteiger partial charge in [0.05, 0.1) is 40.0 Å². The third kappa shape index (κ3) is 3.43. The lowest BCUT2D eigenvalue weighted by Crippen LogP contribution is -2.26. The minimum Gasteiger partial charge on any atom is -0.493 e. The normalized spacial score (nSPS) is 11.8. The van der Waals surface area contributed by atoms with Crippen molar-refractivity contribution in [2.45, 2.75) is 13.0 Å². The number of para-hydroxylation sites is 1. The zero-order valence-corrected chi connectivity index (χ0v) is 16.5. The molecule has 0 aliphatic heterocycles. The lowest BCUT2D eigenvalue weighted by atomic mass is 10.1. The van der Waals surface area contributed by atoms with Crippen LogP contribution in [-0.4, -0.2) is 34.3 Å². The van der Waals surface area contributed by atoms with Gasteiger partial charge in [-0.05, 0) is 31.2 Å². The van der Waals surface area contributed by atoms with E-state index in [1.807, 2.05) is 31.2 Å². The van der Waals surface area contributed by atoms with Crippen LogP contribution in [-0.2, 0) is 0 Å². The maximum atomic E-state index is 12.9. The fourth-order valence-electron chi connectivity index (χ4n) is 3.06. The molecule has 28 heavy (non-hydrogen) atoms. The van der Waals surface area contributed by atoms with Crippen molar-refractivity contribution in [1.82, 2.24) is 5.32 Å². The average molecular weight is 385 g/mol. The number of hydrogen-bond acceptors (Lipinski definition) is 6. The van der Waals surface area contributed by atoms with Gasteiger partial charge in [0.1, 0.15) is 5.76 Å². The van der Waals surface area contributed by atoms with Gasteiger partial charge >= 0.3 is 0 Å². The average Bonchev–Trinajstić information content (AvgIpc) is 3.16. The first-order valence-corrected chi connectivity index (χ1v) is 8.70. The molecule has 7 nitrogen and oxygen atoms in total. The van der Waals surface area contributed by atoms with Gasteiger partial charge in [-0.2, -0.15) is 0 Å². The lowest BCUT2D eigenvalue weighted by molar-refractivity contribution is 0.0932. The highest BCUT2D eigenvalue weighted by atomic mass is 16.5. The molecule has 0 aliphatic carbocycles. The van der Waals surface area contributed by atoms with Gasteiger partial charge in [-0.15, -0.1) is 0 Å². The molecule has 1 heterocycles. The van der Waals surface area contributed by atoms with Gasteiger partial charge in [0.15, 0.2) is 22.8 Å².